The van der Waals surface area contributed by atoms with E-state index in [4.69, 9.17) is 9.73 Å². The molecule has 3 aliphatic rings. The number of hydrogen-bond acceptors (Lipinski definition) is 4. The Balaban J connectivity index is 1.73. The molecule has 0 radical (unpaired) electrons. The zero-order valence-electron chi connectivity index (χ0n) is 15.1. The Morgan fingerprint density at radius 3 is 2.41 bits per heavy atom. The van der Waals surface area contributed by atoms with Gasteiger partial charge in [-0.2, -0.15) is 0 Å². The molecule has 0 saturated heterocycles. The van der Waals surface area contributed by atoms with Crippen LogP contribution >= 0.6 is 0 Å². The number of allylic oxidation sites excluding steroid dienone is 2. The fourth-order valence-electron chi connectivity index (χ4n) is 4.62. The predicted molar refractivity (Wildman–Crippen MR) is 102 cm³/mol. The molecule has 0 bridgehead atoms. The molecule has 0 spiro atoms. The zero-order valence-corrected chi connectivity index (χ0v) is 15.1. The van der Waals surface area contributed by atoms with E-state index >= 15 is 0 Å². The van der Waals surface area contributed by atoms with E-state index in [0.717, 1.165) is 46.7 Å². The second-order valence-electron chi connectivity index (χ2n) is 7.27. The van der Waals surface area contributed by atoms with Crippen molar-refractivity contribution in [1.29, 1.82) is 0 Å². The molecule has 0 saturated carbocycles. The maximum atomic E-state index is 13.3. The van der Waals surface area contributed by atoms with Gasteiger partial charge in [0, 0.05) is 34.7 Å². The summed E-state index contributed by atoms with van der Waals surface area (Å²) in [6, 6.07) is 15.4. The lowest BCUT2D eigenvalue weighted by Crippen LogP contribution is -2.33. The lowest BCUT2D eigenvalue weighted by atomic mass is 9.71. The summed E-state index contributed by atoms with van der Waals surface area (Å²) in [5.74, 6) is 0.259. The summed E-state index contributed by atoms with van der Waals surface area (Å²) in [7, 11) is 1.63. The van der Waals surface area contributed by atoms with Crippen molar-refractivity contribution in [3.63, 3.8) is 0 Å². The van der Waals surface area contributed by atoms with Crippen LogP contribution in [0.25, 0.3) is 0 Å². The highest BCUT2D eigenvalue weighted by Gasteiger charge is 2.48. The topological polar surface area (TPSA) is 55.7 Å². The number of benzene rings is 2. The molecule has 4 nitrogen and oxygen atoms in total. The van der Waals surface area contributed by atoms with Crippen LogP contribution in [-0.2, 0) is 4.79 Å². The second kappa shape index (κ2) is 6.02. The highest BCUT2D eigenvalue weighted by molar-refractivity contribution is 6.30. The smallest absolute Gasteiger partial charge is 0.173 e. The number of ketones is 2. The third-order valence-corrected chi connectivity index (χ3v) is 5.85. The Bertz CT molecular complexity index is 1030. The summed E-state index contributed by atoms with van der Waals surface area (Å²) in [5.41, 5.74) is 5.02. The average molecular weight is 357 g/mol. The molecular weight excluding hydrogens is 338 g/mol. The van der Waals surface area contributed by atoms with Gasteiger partial charge in [-0.3, -0.25) is 14.6 Å². The van der Waals surface area contributed by atoms with Crippen molar-refractivity contribution >= 4 is 17.3 Å². The number of methoxy groups -OCH3 is 1. The molecule has 1 aliphatic heterocycles. The van der Waals surface area contributed by atoms with Gasteiger partial charge in [0.05, 0.1) is 18.7 Å². The highest BCUT2D eigenvalue weighted by atomic mass is 16.5. The van der Waals surface area contributed by atoms with Gasteiger partial charge < -0.3 is 4.74 Å². The van der Waals surface area contributed by atoms with Gasteiger partial charge in [0.2, 0.25) is 0 Å². The molecule has 2 aromatic carbocycles. The van der Waals surface area contributed by atoms with E-state index in [1.807, 2.05) is 48.5 Å². The van der Waals surface area contributed by atoms with Crippen LogP contribution in [0.3, 0.4) is 0 Å². The van der Waals surface area contributed by atoms with Crippen molar-refractivity contribution in [2.24, 2.45) is 10.9 Å². The molecule has 0 amide bonds. The van der Waals surface area contributed by atoms with E-state index < -0.39 is 5.92 Å². The lowest BCUT2D eigenvalue weighted by molar-refractivity contribution is -0.116. The van der Waals surface area contributed by atoms with Gasteiger partial charge in [-0.05, 0) is 30.5 Å². The van der Waals surface area contributed by atoms with Crippen LogP contribution in [0.1, 0.15) is 46.7 Å². The fraction of sp³-hybridized carbons (Fsp3) is 0.261. The number of carbonyl (C=O) groups is 2. The first kappa shape index (κ1) is 16.2. The second-order valence-corrected chi connectivity index (χ2v) is 7.27. The van der Waals surface area contributed by atoms with Gasteiger partial charge in [-0.1, -0.05) is 36.4 Å². The summed E-state index contributed by atoms with van der Waals surface area (Å²) in [5, 5.41) is 0. The Labute approximate surface area is 157 Å². The first-order chi connectivity index (χ1) is 13.2. The minimum absolute atomic E-state index is 0.0649. The van der Waals surface area contributed by atoms with Crippen LogP contribution in [-0.4, -0.2) is 24.4 Å². The number of rotatable bonds is 2. The molecule has 134 valence electrons. The number of Topliss-reactive ketones (excluding diaryl/α,β-unsaturated/α-hetero) is 2. The van der Waals surface area contributed by atoms with Gasteiger partial charge in [0.15, 0.2) is 11.6 Å². The van der Waals surface area contributed by atoms with Gasteiger partial charge in [0.1, 0.15) is 5.75 Å². The largest absolute Gasteiger partial charge is 0.497 e. The van der Waals surface area contributed by atoms with E-state index in [-0.39, 0.29) is 17.5 Å². The first-order valence-corrected chi connectivity index (χ1v) is 9.31. The van der Waals surface area contributed by atoms with E-state index in [9.17, 15) is 9.59 Å². The molecule has 27 heavy (non-hydrogen) atoms. The van der Waals surface area contributed by atoms with E-state index in [0.29, 0.717) is 12.0 Å². The highest BCUT2D eigenvalue weighted by Crippen LogP contribution is 2.48. The third kappa shape index (κ3) is 2.33. The van der Waals surface area contributed by atoms with Gasteiger partial charge >= 0.3 is 0 Å². The van der Waals surface area contributed by atoms with Gasteiger partial charge in [-0.25, -0.2) is 0 Å². The molecule has 1 heterocycles. The van der Waals surface area contributed by atoms with Crippen LogP contribution in [0, 0.1) is 5.92 Å². The predicted octanol–water partition coefficient (Wildman–Crippen LogP) is 4.10. The summed E-state index contributed by atoms with van der Waals surface area (Å²) >= 11 is 0. The Kier molecular flexibility index (Phi) is 3.61. The molecule has 4 heteroatoms. The van der Waals surface area contributed by atoms with Crippen LogP contribution in [0.2, 0.25) is 0 Å². The number of aliphatic imine (C=N–C) groups is 1. The SMILES string of the molecule is COc1ccc(C2C3=C(CCCC3=O)N=C3c4ccccc4C(=O)C32)cc1. The molecule has 2 aromatic rings. The summed E-state index contributed by atoms with van der Waals surface area (Å²) in [4.78, 5) is 31.0. The first-order valence-electron chi connectivity index (χ1n) is 9.31. The number of ether oxygens (including phenoxy) is 1. The van der Waals surface area contributed by atoms with Crippen LogP contribution in [0.15, 0.2) is 64.8 Å². The fourth-order valence-corrected chi connectivity index (χ4v) is 4.62. The molecule has 2 aliphatic carbocycles. The monoisotopic (exact) mass is 357 g/mol. The van der Waals surface area contributed by atoms with Crippen molar-refractivity contribution in [3.05, 3.63) is 76.5 Å². The summed E-state index contributed by atoms with van der Waals surface area (Å²) in [6.07, 6.45) is 2.15. The normalized spacial score (nSPS) is 23.5. The number of fused-ring (bicyclic) bond motifs is 3. The Morgan fingerprint density at radius 1 is 0.926 bits per heavy atom. The number of hydrogen-bond donors (Lipinski definition) is 0. The van der Waals surface area contributed by atoms with Crippen molar-refractivity contribution in [1.82, 2.24) is 0 Å². The average Bonchev–Trinajstić information content (AvgIpc) is 2.99. The van der Waals surface area contributed by atoms with Crippen LogP contribution in [0.5, 0.6) is 5.75 Å². The molecule has 0 aromatic heterocycles. The molecule has 2 unspecified atom stereocenters. The Morgan fingerprint density at radius 2 is 1.67 bits per heavy atom. The minimum atomic E-state index is -0.420. The quantitative estimate of drug-likeness (QED) is 0.813. The standard InChI is InChI=1S/C23H19NO3/c1-27-14-11-9-13(10-12-14)19-20-17(7-4-8-18(20)25)24-22-15-5-2-3-6-16(15)23(26)21(19)22/h2-3,5-6,9-12,19,21H,4,7-8H2,1H3. The third-order valence-electron chi connectivity index (χ3n) is 5.85. The van der Waals surface area contributed by atoms with Gasteiger partial charge in [0.25, 0.3) is 0 Å². The molecular formula is C23H19NO3. The molecule has 2 atom stereocenters. The van der Waals surface area contributed by atoms with Crippen molar-refractivity contribution in [2.45, 2.75) is 25.2 Å². The minimum Gasteiger partial charge on any atom is -0.497 e. The van der Waals surface area contributed by atoms with E-state index in [1.165, 1.54) is 0 Å². The van der Waals surface area contributed by atoms with Crippen molar-refractivity contribution < 1.29 is 14.3 Å². The summed E-state index contributed by atoms with van der Waals surface area (Å²) < 4.78 is 5.27. The molecule has 5 rings (SSSR count). The van der Waals surface area contributed by atoms with E-state index in [2.05, 4.69) is 0 Å². The van der Waals surface area contributed by atoms with Gasteiger partial charge in [-0.15, -0.1) is 0 Å². The van der Waals surface area contributed by atoms with Crippen LogP contribution in [0.4, 0.5) is 0 Å². The van der Waals surface area contributed by atoms with E-state index in [1.54, 1.807) is 7.11 Å². The molecule has 0 N–H and O–H groups in total. The maximum absolute atomic E-state index is 13.3. The summed E-state index contributed by atoms with van der Waals surface area (Å²) in [6.45, 7) is 0. The number of carbonyl (C=O) groups excluding carboxylic acids is 2. The zero-order chi connectivity index (χ0) is 18.5. The maximum Gasteiger partial charge on any atom is 0.173 e. The number of nitrogens with zero attached hydrogens (tertiary/aromatic N) is 1. The van der Waals surface area contributed by atoms with Crippen molar-refractivity contribution in [2.75, 3.05) is 7.11 Å². The Hall–Kier alpha value is -3.01. The van der Waals surface area contributed by atoms with Crippen molar-refractivity contribution in [3.8, 4) is 5.75 Å². The lowest BCUT2D eigenvalue weighted by Gasteiger charge is -2.33. The van der Waals surface area contributed by atoms with Crippen LogP contribution < -0.4 is 4.74 Å². The molecule has 0 fully saturated rings.